The first-order chi connectivity index (χ1) is 9.98. The van der Waals surface area contributed by atoms with Gasteiger partial charge in [-0.2, -0.15) is 9.28 Å². The van der Waals surface area contributed by atoms with Gasteiger partial charge < -0.3 is 5.11 Å². The van der Waals surface area contributed by atoms with Gasteiger partial charge in [0.1, 0.15) is 6.04 Å². The first-order valence-corrected chi connectivity index (χ1v) is 7.06. The number of likely N-dealkylation sites (tertiary alicyclic amines) is 1. The number of carbonyl (C=O) groups is 3. The molecule has 2 atom stereocenters. The molecule has 1 aromatic rings. The fraction of sp³-hybridized carbons (Fsp3) is 0.467. The van der Waals surface area contributed by atoms with Gasteiger partial charge in [-0.05, 0) is 19.1 Å². The number of Topliss-reactive ketones (excluding diaryl/α,β-unsaturated/α-hetero) is 1. The molecular weight excluding hydrogens is 272 g/mol. The molecule has 2 heterocycles. The Labute approximate surface area is 123 Å². The molecule has 1 fully saturated rings. The molecule has 1 saturated heterocycles. The van der Waals surface area contributed by atoms with Gasteiger partial charge in [0.05, 0.1) is 13.0 Å². The summed E-state index contributed by atoms with van der Waals surface area (Å²) >= 11 is 0. The normalized spacial score (nSPS) is 24.7. The molecule has 2 rings (SSSR count). The average Bonchev–Trinajstić information content (AvgIpc) is 2.88. The molecule has 1 unspecified atom stereocenters. The van der Waals surface area contributed by atoms with Gasteiger partial charge in [-0.3, -0.25) is 9.78 Å². The minimum Gasteiger partial charge on any atom is -0.435 e. The number of pyridine rings is 1. The van der Waals surface area contributed by atoms with E-state index in [1.807, 2.05) is 0 Å². The number of imide groups is 1. The zero-order chi connectivity index (χ0) is 15.5. The number of quaternary nitrogens is 1. The quantitative estimate of drug-likeness (QED) is 0.679. The zero-order valence-electron chi connectivity index (χ0n) is 12.0. The third-order valence-corrected chi connectivity index (χ3v) is 4.22. The first kappa shape index (κ1) is 15.3. The van der Waals surface area contributed by atoms with Crippen molar-refractivity contribution in [1.82, 2.24) is 4.98 Å². The molecular formula is C15H19N2O4+. The van der Waals surface area contributed by atoms with Crippen molar-refractivity contribution in [2.75, 3.05) is 6.54 Å². The van der Waals surface area contributed by atoms with Crippen LogP contribution in [0.2, 0.25) is 0 Å². The number of amides is 2. The monoisotopic (exact) mass is 291 g/mol. The molecule has 0 bridgehead atoms. The summed E-state index contributed by atoms with van der Waals surface area (Å²) in [5.74, 6) is -0.573. The Morgan fingerprint density at radius 2 is 2.14 bits per heavy atom. The molecule has 0 saturated carbocycles. The van der Waals surface area contributed by atoms with E-state index in [2.05, 4.69) is 4.98 Å². The van der Waals surface area contributed by atoms with Gasteiger partial charge in [-0.1, -0.05) is 0 Å². The Balaban J connectivity index is 2.04. The lowest BCUT2D eigenvalue weighted by Crippen LogP contribution is -2.58. The molecule has 2 amide bonds. The predicted octanol–water partition coefficient (Wildman–Crippen LogP) is 2.25. The Morgan fingerprint density at radius 3 is 2.67 bits per heavy atom. The zero-order valence-corrected chi connectivity index (χ0v) is 12.0. The van der Waals surface area contributed by atoms with Gasteiger partial charge in [-0.15, -0.1) is 0 Å². The number of carbonyl (C=O) groups excluding carboxylic acids is 2. The molecule has 1 N–H and O–H groups in total. The average molecular weight is 291 g/mol. The van der Waals surface area contributed by atoms with E-state index in [9.17, 15) is 19.5 Å². The van der Waals surface area contributed by atoms with Gasteiger partial charge in [-0.25, -0.2) is 4.79 Å². The second kappa shape index (κ2) is 6.13. The SMILES string of the molecule is C[C@@H]1CCC[N+]1(C(=O)O)C(=O)CCC(=O)c1cccnc1. The van der Waals surface area contributed by atoms with E-state index in [0.29, 0.717) is 18.5 Å². The predicted molar refractivity (Wildman–Crippen MR) is 74.7 cm³/mol. The molecule has 6 heteroatoms. The number of ketones is 1. The second-order valence-electron chi connectivity index (χ2n) is 5.42. The Morgan fingerprint density at radius 1 is 1.38 bits per heavy atom. The fourth-order valence-corrected chi connectivity index (χ4v) is 2.93. The van der Waals surface area contributed by atoms with Crippen LogP contribution in [0.5, 0.6) is 0 Å². The van der Waals surface area contributed by atoms with Crippen LogP contribution in [0.25, 0.3) is 0 Å². The van der Waals surface area contributed by atoms with E-state index in [-0.39, 0.29) is 30.6 Å². The lowest BCUT2D eigenvalue weighted by Gasteiger charge is -2.29. The Bertz CT molecular complexity index is 558. The summed E-state index contributed by atoms with van der Waals surface area (Å²) in [6, 6.07) is 3.06. The van der Waals surface area contributed by atoms with Gasteiger partial charge in [0.25, 0.3) is 0 Å². The van der Waals surface area contributed by atoms with Gasteiger partial charge >= 0.3 is 12.0 Å². The molecule has 6 nitrogen and oxygen atoms in total. The maximum Gasteiger partial charge on any atom is 0.521 e. The highest BCUT2D eigenvalue weighted by Crippen LogP contribution is 2.29. The molecule has 0 radical (unpaired) electrons. The molecule has 0 spiro atoms. The van der Waals surface area contributed by atoms with Crippen LogP contribution in [-0.2, 0) is 4.79 Å². The van der Waals surface area contributed by atoms with Crippen LogP contribution in [0.4, 0.5) is 4.79 Å². The van der Waals surface area contributed by atoms with Crippen LogP contribution in [0, 0.1) is 0 Å². The van der Waals surface area contributed by atoms with Crippen LogP contribution >= 0.6 is 0 Å². The summed E-state index contributed by atoms with van der Waals surface area (Å²) in [7, 11) is 0. The number of rotatable bonds is 4. The van der Waals surface area contributed by atoms with Gasteiger partial charge in [0.15, 0.2) is 5.78 Å². The number of nitrogens with zero attached hydrogens (tertiary/aromatic N) is 2. The topological polar surface area (TPSA) is 84.3 Å². The van der Waals surface area contributed by atoms with Gasteiger partial charge in [0.2, 0.25) is 0 Å². The van der Waals surface area contributed by atoms with E-state index in [4.69, 9.17) is 0 Å². The standard InChI is InChI=1S/C15H18N2O4/c1-11-4-3-9-17(11,15(20)21)14(19)7-6-13(18)12-5-2-8-16-10-12/h2,5,8,10-11H,3-4,6-7,9H2,1H3/p+1/t11-,17?/m1/s1. The first-order valence-electron chi connectivity index (χ1n) is 7.06. The van der Waals surface area contributed by atoms with Crippen molar-refractivity contribution < 1.29 is 24.0 Å². The van der Waals surface area contributed by atoms with Crippen molar-refractivity contribution in [2.45, 2.75) is 38.6 Å². The van der Waals surface area contributed by atoms with Crippen LogP contribution in [0.3, 0.4) is 0 Å². The van der Waals surface area contributed by atoms with Crippen LogP contribution < -0.4 is 0 Å². The van der Waals surface area contributed by atoms with Crippen molar-refractivity contribution in [3.05, 3.63) is 30.1 Å². The minimum atomic E-state index is -1.11. The maximum atomic E-state index is 12.4. The molecule has 0 aromatic carbocycles. The fourth-order valence-electron chi connectivity index (χ4n) is 2.93. The molecule has 1 aliphatic heterocycles. The molecule has 112 valence electrons. The number of hydrogen-bond donors (Lipinski definition) is 1. The molecule has 21 heavy (non-hydrogen) atoms. The molecule has 1 aromatic heterocycles. The number of hydrogen-bond acceptors (Lipinski definition) is 4. The van der Waals surface area contributed by atoms with Crippen LogP contribution in [0.15, 0.2) is 24.5 Å². The van der Waals surface area contributed by atoms with E-state index >= 15 is 0 Å². The summed E-state index contributed by atoms with van der Waals surface area (Å²) < 4.78 is -0.541. The Hall–Kier alpha value is -2.08. The molecule has 0 aliphatic carbocycles. The summed E-state index contributed by atoms with van der Waals surface area (Å²) in [4.78, 5) is 39.8. The van der Waals surface area contributed by atoms with Gasteiger partial charge in [0, 0.05) is 37.2 Å². The van der Waals surface area contributed by atoms with Crippen molar-refractivity contribution in [3.8, 4) is 0 Å². The van der Waals surface area contributed by atoms with E-state index in [0.717, 1.165) is 6.42 Å². The highest BCUT2D eigenvalue weighted by atomic mass is 16.4. The van der Waals surface area contributed by atoms with Crippen LogP contribution in [0.1, 0.15) is 43.0 Å². The summed E-state index contributed by atoms with van der Waals surface area (Å²) in [5.41, 5.74) is 0.446. The molecule has 1 aliphatic rings. The van der Waals surface area contributed by atoms with E-state index in [1.165, 1.54) is 6.20 Å². The summed E-state index contributed by atoms with van der Waals surface area (Å²) in [6.45, 7) is 2.10. The van der Waals surface area contributed by atoms with E-state index < -0.39 is 10.6 Å². The largest absolute Gasteiger partial charge is 0.521 e. The lowest BCUT2D eigenvalue weighted by molar-refractivity contribution is -0.792. The second-order valence-corrected chi connectivity index (χ2v) is 5.42. The highest BCUT2D eigenvalue weighted by molar-refractivity contribution is 5.97. The highest BCUT2D eigenvalue weighted by Gasteiger charge is 2.52. The summed E-state index contributed by atoms with van der Waals surface area (Å²) in [5, 5.41) is 9.44. The van der Waals surface area contributed by atoms with E-state index in [1.54, 1.807) is 25.3 Å². The van der Waals surface area contributed by atoms with Crippen molar-refractivity contribution in [3.63, 3.8) is 0 Å². The number of aromatic nitrogens is 1. The van der Waals surface area contributed by atoms with Crippen molar-refractivity contribution in [2.24, 2.45) is 0 Å². The summed E-state index contributed by atoms with van der Waals surface area (Å²) in [6.07, 6.45) is 3.31. The van der Waals surface area contributed by atoms with Crippen molar-refractivity contribution in [1.29, 1.82) is 0 Å². The van der Waals surface area contributed by atoms with Crippen LogP contribution in [-0.4, -0.2) is 44.9 Å². The third kappa shape index (κ3) is 2.85. The number of carboxylic acid groups (broad SMARTS) is 1. The Kier molecular flexibility index (Phi) is 4.47. The van der Waals surface area contributed by atoms with Crippen molar-refractivity contribution >= 4 is 17.8 Å². The maximum absolute atomic E-state index is 12.4. The smallest absolute Gasteiger partial charge is 0.435 e. The minimum absolute atomic E-state index is 0.0184. The lowest BCUT2D eigenvalue weighted by atomic mass is 10.1. The third-order valence-electron chi connectivity index (χ3n) is 4.22.